The summed E-state index contributed by atoms with van der Waals surface area (Å²) in [6.45, 7) is 8.37. The Hall–Kier alpha value is -0.900. The lowest BCUT2D eigenvalue weighted by Gasteiger charge is -2.07. The molecule has 102 valence electrons. The number of methoxy groups -OCH3 is 1. The first-order valence-corrected chi connectivity index (χ1v) is 6.57. The first-order chi connectivity index (χ1) is 8.74. The predicted molar refractivity (Wildman–Crippen MR) is 74.9 cm³/mol. The topological polar surface area (TPSA) is 30.5 Å². The maximum absolute atomic E-state index is 5.40. The molecule has 0 saturated heterocycles. The van der Waals surface area contributed by atoms with Crippen LogP contribution in [0, 0.1) is 13.8 Å². The van der Waals surface area contributed by atoms with Crippen molar-refractivity contribution in [1.29, 1.82) is 0 Å². The van der Waals surface area contributed by atoms with Crippen LogP contribution in [0.5, 0.6) is 0 Å². The van der Waals surface area contributed by atoms with Crippen LogP contribution in [-0.4, -0.2) is 33.5 Å². The van der Waals surface area contributed by atoms with Crippen molar-refractivity contribution in [2.75, 3.05) is 33.5 Å². The molecule has 0 aliphatic heterocycles. The first-order valence-electron chi connectivity index (χ1n) is 6.57. The number of aryl methyl sites for hydroxylation is 2. The molecular weight excluding hydrogens is 226 g/mol. The Morgan fingerprint density at radius 1 is 1.06 bits per heavy atom. The van der Waals surface area contributed by atoms with Gasteiger partial charge in [0.1, 0.15) is 0 Å². The van der Waals surface area contributed by atoms with E-state index in [1.807, 2.05) is 0 Å². The SMILES string of the molecule is COCCOCCCNCc1ccc(C)c(C)c1. The zero-order valence-corrected chi connectivity index (χ0v) is 11.8. The Bertz CT molecular complexity index is 339. The molecule has 0 aromatic heterocycles. The maximum atomic E-state index is 5.40. The fourth-order valence-electron chi connectivity index (χ4n) is 1.69. The molecule has 0 aliphatic carbocycles. The van der Waals surface area contributed by atoms with Crippen LogP contribution in [0.4, 0.5) is 0 Å². The summed E-state index contributed by atoms with van der Waals surface area (Å²) in [5, 5.41) is 3.43. The average Bonchev–Trinajstić information content (AvgIpc) is 2.37. The third-order valence-electron chi connectivity index (χ3n) is 2.97. The van der Waals surface area contributed by atoms with Gasteiger partial charge in [0, 0.05) is 20.3 Å². The van der Waals surface area contributed by atoms with Crippen molar-refractivity contribution < 1.29 is 9.47 Å². The van der Waals surface area contributed by atoms with Crippen LogP contribution < -0.4 is 5.32 Å². The Labute approximate surface area is 110 Å². The van der Waals surface area contributed by atoms with Crippen LogP contribution >= 0.6 is 0 Å². The molecule has 0 fully saturated rings. The summed E-state index contributed by atoms with van der Waals surface area (Å²) in [5.41, 5.74) is 4.06. The molecule has 0 aliphatic rings. The van der Waals surface area contributed by atoms with E-state index in [9.17, 15) is 0 Å². The highest BCUT2D eigenvalue weighted by Gasteiger charge is 1.96. The van der Waals surface area contributed by atoms with Gasteiger partial charge in [-0.05, 0) is 43.5 Å². The molecule has 0 atom stereocenters. The fraction of sp³-hybridized carbons (Fsp3) is 0.600. The fourth-order valence-corrected chi connectivity index (χ4v) is 1.69. The normalized spacial score (nSPS) is 10.8. The minimum absolute atomic E-state index is 0.677. The predicted octanol–water partition coefficient (Wildman–Crippen LogP) is 2.45. The summed E-state index contributed by atoms with van der Waals surface area (Å²) < 4.78 is 10.3. The van der Waals surface area contributed by atoms with E-state index in [1.54, 1.807) is 7.11 Å². The van der Waals surface area contributed by atoms with Crippen LogP contribution in [0.15, 0.2) is 18.2 Å². The third-order valence-corrected chi connectivity index (χ3v) is 2.97. The molecule has 0 heterocycles. The van der Waals surface area contributed by atoms with E-state index in [1.165, 1.54) is 16.7 Å². The van der Waals surface area contributed by atoms with Crippen molar-refractivity contribution in [2.45, 2.75) is 26.8 Å². The van der Waals surface area contributed by atoms with Crippen LogP contribution in [0.1, 0.15) is 23.1 Å². The highest BCUT2D eigenvalue weighted by atomic mass is 16.5. The molecule has 1 aromatic carbocycles. The summed E-state index contributed by atoms with van der Waals surface area (Å²) in [4.78, 5) is 0. The summed E-state index contributed by atoms with van der Waals surface area (Å²) in [6, 6.07) is 6.61. The van der Waals surface area contributed by atoms with Crippen molar-refractivity contribution in [1.82, 2.24) is 5.32 Å². The maximum Gasteiger partial charge on any atom is 0.0700 e. The number of ether oxygens (including phenoxy) is 2. The second kappa shape index (κ2) is 9.09. The highest BCUT2D eigenvalue weighted by Crippen LogP contribution is 2.09. The molecule has 0 amide bonds. The van der Waals surface area contributed by atoms with E-state index < -0.39 is 0 Å². The molecule has 3 heteroatoms. The first kappa shape index (κ1) is 15.2. The third kappa shape index (κ3) is 6.15. The van der Waals surface area contributed by atoms with Crippen molar-refractivity contribution in [2.24, 2.45) is 0 Å². The smallest absolute Gasteiger partial charge is 0.0700 e. The van der Waals surface area contributed by atoms with Gasteiger partial charge < -0.3 is 14.8 Å². The van der Waals surface area contributed by atoms with Crippen LogP contribution in [0.3, 0.4) is 0 Å². The van der Waals surface area contributed by atoms with E-state index in [-0.39, 0.29) is 0 Å². The molecule has 0 saturated carbocycles. The highest BCUT2D eigenvalue weighted by molar-refractivity contribution is 5.29. The Balaban J connectivity index is 2.05. The Morgan fingerprint density at radius 3 is 2.61 bits per heavy atom. The van der Waals surface area contributed by atoms with Gasteiger partial charge in [-0.25, -0.2) is 0 Å². The Kier molecular flexibility index (Phi) is 7.65. The summed E-state index contributed by atoms with van der Waals surface area (Å²) in [5.74, 6) is 0. The Morgan fingerprint density at radius 2 is 1.89 bits per heavy atom. The minimum atomic E-state index is 0.677. The molecule has 18 heavy (non-hydrogen) atoms. The molecule has 3 nitrogen and oxygen atoms in total. The average molecular weight is 251 g/mol. The van der Waals surface area contributed by atoms with Crippen molar-refractivity contribution >= 4 is 0 Å². The number of benzene rings is 1. The van der Waals surface area contributed by atoms with Crippen LogP contribution in [-0.2, 0) is 16.0 Å². The summed E-state index contributed by atoms with van der Waals surface area (Å²) in [7, 11) is 1.69. The van der Waals surface area contributed by atoms with Gasteiger partial charge in [-0.1, -0.05) is 18.2 Å². The standard InChI is InChI=1S/C15H25NO2/c1-13-5-6-15(11-14(13)2)12-16-7-4-8-18-10-9-17-3/h5-6,11,16H,4,7-10,12H2,1-3H3. The monoisotopic (exact) mass is 251 g/mol. The van der Waals surface area contributed by atoms with E-state index in [0.717, 1.165) is 26.1 Å². The number of hydrogen-bond acceptors (Lipinski definition) is 3. The van der Waals surface area contributed by atoms with E-state index in [2.05, 4.69) is 37.4 Å². The number of hydrogen-bond donors (Lipinski definition) is 1. The molecule has 1 aromatic rings. The molecule has 0 unspecified atom stereocenters. The second-order valence-corrected chi connectivity index (χ2v) is 4.55. The van der Waals surface area contributed by atoms with E-state index in [4.69, 9.17) is 9.47 Å². The van der Waals surface area contributed by atoms with Gasteiger partial charge in [0.15, 0.2) is 0 Å². The lowest BCUT2D eigenvalue weighted by atomic mass is 10.1. The molecule has 1 rings (SSSR count). The zero-order valence-electron chi connectivity index (χ0n) is 11.8. The largest absolute Gasteiger partial charge is 0.382 e. The van der Waals surface area contributed by atoms with Gasteiger partial charge in [-0.15, -0.1) is 0 Å². The van der Waals surface area contributed by atoms with Crippen molar-refractivity contribution in [3.8, 4) is 0 Å². The molecule has 0 spiro atoms. The van der Waals surface area contributed by atoms with Crippen LogP contribution in [0.2, 0.25) is 0 Å². The summed E-state index contributed by atoms with van der Waals surface area (Å²) in [6.07, 6.45) is 1.04. The molecular formula is C15H25NO2. The lowest BCUT2D eigenvalue weighted by Crippen LogP contribution is -2.17. The van der Waals surface area contributed by atoms with Gasteiger partial charge >= 0.3 is 0 Å². The minimum Gasteiger partial charge on any atom is -0.382 e. The zero-order chi connectivity index (χ0) is 13.2. The second-order valence-electron chi connectivity index (χ2n) is 4.55. The van der Waals surface area contributed by atoms with Crippen molar-refractivity contribution in [3.63, 3.8) is 0 Å². The molecule has 0 bridgehead atoms. The van der Waals surface area contributed by atoms with Gasteiger partial charge in [0.05, 0.1) is 13.2 Å². The van der Waals surface area contributed by atoms with E-state index in [0.29, 0.717) is 13.2 Å². The number of nitrogens with one attached hydrogen (secondary N) is 1. The van der Waals surface area contributed by atoms with Gasteiger partial charge in [0.2, 0.25) is 0 Å². The van der Waals surface area contributed by atoms with Gasteiger partial charge in [-0.2, -0.15) is 0 Å². The van der Waals surface area contributed by atoms with E-state index >= 15 is 0 Å². The number of rotatable bonds is 9. The molecule has 0 radical (unpaired) electrons. The lowest BCUT2D eigenvalue weighted by molar-refractivity contribution is 0.0695. The van der Waals surface area contributed by atoms with Crippen molar-refractivity contribution in [3.05, 3.63) is 34.9 Å². The molecule has 1 N–H and O–H groups in total. The van der Waals surface area contributed by atoms with Gasteiger partial charge in [-0.3, -0.25) is 0 Å². The van der Waals surface area contributed by atoms with Gasteiger partial charge in [0.25, 0.3) is 0 Å². The van der Waals surface area contributed by atoms with Crippen LogP contribution in [0.25, 0.3) is 0 Å². The quantitative estimate of drug-likeness (QED) is 0.684. The summed E-state index contributed by atoms with van der Waals surface area (Å²) >= 11 is 0.